The number of nitrogens with two attached hydrogens (primary N) is 1. The number of furan rings is 1. The van der Waals surface area contributed by atoms with Gasteiger partial charge in [0.2, 0.25) is 0 Å². The summed E-state index contributed by atoms with van der Waals surface area (Å²) in [4.78, 5) is 24.9. The molecule has 1 aromatic carbocycles. The molecule has 3 rings (SSSR count). The fourth-order valence-corrected chi connectivity index (χ4v) is 2.93. The Morgan fingerprint density at radius 2 is 2.19 bits per heavy atom. The van der Waals surface area contributed by atoms with E-state index in [4.69, 9.17) is 15.3 Å². The Hall–Kier alpha value is -1.86. The van der Waals surface area contributed by atoms with Gasteiger partial charge in [-0.25, -0.2) is 0 Å². The number of carbonyl (C=O) groups excluding carboxylic acids is 1. The molecular weight excluding hydrogens is 340 g/mol. The first kappa shape index (κ1) is 14.1. The fraction of sp³-hybridized carbons (Fsp3) is 0.286. The van der Waals surface area contributed by atoms with E-state index in [1.54, 1.807) is 6.07 Å². The van der Waals surface area contributed by atoms with E-state index in [0.29, 0.717) is 12.1 Å². The second-order valence-electron chi connectivity index (χ2n) is 5.21. The van der Waals surface area contributed by atoms with Gasteiger partial charge < -0.3 is 20.2 Å². The van der Waals surface area contributed by atoms with Crippen molar-refractivity contribution in [1.29, 1.82) is 0 Å². The first-order valence-corrected chi connectivity index (χ1v) is 7.20. The van der Waals surface area contributed by atoms with Crippen molar-refractivity contribution < 1.29 is 19.1 Å². The van der Waals surface area contributed by atoms with E-state index in [1.807, 2.05) is 18.2 Å². The summed E-state index contributed by atoms with van der Waals surface area (Å²) in [6, 6.07) is 7.17. The molecule has 1 amide bonds. The van der Waals surface area contributed by atoms with Crippen LogP contribution in [0.25, 0.3) is 11.0 Å². The predicted octanol–water partition coefficient (Wildman–Crippen LogP) is 1.82. The third kappa shape index (κ3) is 2.32. The Morgan fingerprint density at radius 3 is 2.81 bits per heavy atom. The molecule has 1 aromatic heterocycles. The summed E-state index contributed by atoms with van der Waals surface area (Å²) in [5, 5.41) is 9.91. The Labute approximate surface area is 128 Å². The largest absolute Gasteiger partial charge is 0.480 e. The summed E-state index contributed by atoms with van der Waals surface area (Å²) in [6.07, 6.45) is 0.234. The average Bonchev–Trinajstić information content (AvgIpc) is 3.03. The van der Waals surface area contributed by atoms with Gasteiger partial charge in [-0.2, -0.15) is 0 Å². The van der Waals surface area contributed by atoms with E-state index >= 15 is 0 Å². The van der Waals surface area contributed by atoms with E-state index in [2.05, 4.69) is 15.9 Å². The minimum atomic E-state index is -1.37. The number of fused-ring (bicyclic) bond motifs is 1. The van der Waals surface area contributed by atoms with Crippen LogP contribution in [0.2, 0.25) is 0 Å². The van der Waals surface area contributed by atoms with Crippen molar-refractivity contribution in [3.05, 3.63) is 34.5 Å². The third-order valence-corrected chi connectivity index (χ3v) is 4.35. The number of benzene rings is 1. The second kappa shape index (κ2) is 4.85. The highest BCUT2D eigenvalue weighted by Gasteiger charge is 2.43. The Balaban J connectivity index is 1.88. The van der Waals surface area contributed by atoms with Gasteiger partial charge in [0.1, 0.15) is 11.1 Å². The summed E-state index contributed by atoms with van der Waals surface area (Å²) in [5.74, 6) is -1.25. The van der Waals surface area contributed by atoms with Crippen LogP contribution in [0, 0.1) is 0 Å². The van der Waals surface area contributed by atoms with Gasteiger partial charge in [0.25, 0.3) is 5.91 Å². The quantitative estimate of drug-likeness (QED) is 0.859. The van der Waals surface area contributed by atoms with E-state index in [1.165, 1.54) is 4.90 Å². The van der Waals surface area contributed by atoms with Crippen LogP contribution < -0.4 is 5.73 Å². The molecule has 6 nitrogen and oxygen atoms in total. The number of hydrogen-bond acceptors (Lipinski definition) is 4. The zero-order chi connectivity index (χ0) is 15.2. The number of carboxylic acid groups (broad SMARTS) is 1. The maximum atomic E-state index is 12.4. The molecule has 1 fully saturated rings. The van der Waals surface area contributed by atoms with Gasteiger partial charge in [-0.05, 0) is 34.5 Å². The summed E-state index contributed by atoms with van der Waals surface area (Å²) < 4.78 is 6.34. The van der Waals surface area contributed by atoms with E-state index in [9.17, 15) is 9.59 Å². The van der Waals surface area contributed by atoms with E-state index in [0.717, 1.165) is 9.86 Å². The van der Waals surface area contributed by atoms with Crippen LogP contribution in [-0.2, 0) is 4.79 Å². The molecule has 0 saturated carbocycles. The fourth-order valence-electron chi connectivity index (χ4n) is 2.47. The van der Waals surface area contributed by atoms with Crippen molar-refractivity contribution in [2.45, 2.75) is 12.0 Å². The van der Waals surface area contributed by atoms with Crippen LogP contribution in [-0.4, -0.2) is 40.5 Å². The number of amides is 1. The smallest absolute Gasteiger partial charge is 0.325 e. The Bertz CT molecular complexity index is 742. The number of nitrogens with zero attached hydrogens (tertiary/aromatic N) is 1. The monoisotopic (exact) mass is 352 g/mol. The number of aliphatic carboxylic acids is 1. The standard InChI is InChI=1S/C14H13BrN2O4/c15-9-3-1-2-8-6-10(21-11(8)9)12(18)17-5-4-14(16,7-17)13(19)20/h1-3,6H,4-5,7,16H2,(H,19,20). The lowest BCUT2D eigenvalue weighted by Crippen LogP contribution is -2.50. The molecular formula is C14H13BrN2O4. The highest BCUT2D eigenvalue weighted by molar-refractivity contribution is 9.10. The van der Waals surface area contributed by atoms with Gasteiger partial charge in [0.05, 0.1) is 4.47 Å². The predicted molar refractivity (Wildman–Crippen MR) is 79.0 cm³/mol. The zero-order valence-corrected chi connectivity index (χ0v) is 12.6. The molecule has 21 heavy (non-hydrogen) atoms. The average molecular weight is 353 g/mol. The number of para-hydroxylation sites is 1. The van der Waals surface area contributed by atoms with Crippen molar-refractivity contribution in [2.24, 2.45) is 5.73 Å². The maximum absolute atomic E-state index is 12.4. The third-order valence-electron chi connectivity index (χ3n) is 3.72. The minimum Gasteiger partial charge on any atom is -0.480 e. The molecule has 1 unspecified atom stereocenters. The number of carboxylic acids is 1. The molecule has 3 N–H and O–H groups in total. The number of carbonyl (C=O) groups is 2. The molecule has 1 aliphatic heterocycles. The molecule has 2 heterocycles. The van der Waals surface area contributed by atoms with Crippen molar-refractivity contribution >= 4 is 38.8 Å². The molecule has 7 heteroatoms. The van der Waals surface area contributed by atoms with Crippen molar-refractivity contribution in [1.82, 2.24) is 4.90 Å². The number of hydrogen-bond donors (Lipinski definition) is 2. The van der Waals surface area contributed by atoms with Crippen LogP contribution >= 0.6 is 15.9 Å². The lowest BCUT2D eigenvalue weighted by atomic mass is 10.0. The molecule has 0 spiro atoms. The first-order valence-electron chi connectivity index (χ1n) is 6.40. The normalized spacial score (nSPS) is 21.9. The molecule has 1 atom stereocenters. The SMILES string of the molecule is NC1(C(=O)O)CCN(C(=O)c2cc3cccc(Br)c3o2)C1. The summed E-state index contributed by atoms with van der Waals surface area (Å²) >= 11 is 3.36. The highest BCUT2D eigenvalue weighted by Crippen LogP contribution is 2.29. The maximum Gasteiger partial charge on any atom is 0.325 e. The van der Waals surface area contributed by atoms with Crippen LogP contribution in [0.15, 0.2) is 33.2 Å². The molecule has 0 bridgehead atoms. The minimum absolute atomic E-state index is 0.0145. The molecule has 2 aromatic rings. The van der Waals surface area contributed by atoms with Gasteiger partial charge in [-0.1, -0.05) is 12.1 Å². The van der Waals surface area contributed by atoms with Crippen molar-refractivity contribution in [3.63, 3.8) is 0 Å². The molecule has 1 aliphatic rings. The van der Waals surface area contributed by atoms with Gasteiger partial charge in [0.15, 0.2) is 5.76 Å². The first-order chi connectivity index (χ1) is 9.90. The summed E-state index contributed by atoms with van der Waals surface area (Å²) in [7, 11) is 0. The lowest BCUT2D eigenvalue weighted by molar-refractivity contribution is -0.142. The van der Waals surface area contributed by atoms with Crippen LogP contribution in [0.1, 0.15) is 17.0 Å². The molecule has 0 radical (unpaired) electrons. The van der Waals surface area contributed by atoms with Crippen molar-refractivity contribution in [3.8, 4) is 0 Å². The van der Waals surface area contributed by atoms with Gasteiger partial charge >= 0.3 is 5.97 Å². The number of rotatable bonds is 2. The van der Waals surface area contributed by atoms with Crippen LogP contribution in [0.4, 0.5) is 0 Å². The lowest BCUT2D eigenvalue weighted by Gasteiger charge is -2.19. The van der Waals surface area contributed by atoms with Gasteiger partial charge in [-0.15, -0.1) is 0 Å². The summed E-state index contributed by atoms with van der Waals surface area (Å²) in [5.41, 5.74) is 5.00. The highest BCUT2D eigenvalue weighted by atomic mass is 79.9. The molecule has 0 aliphatic carbocycles. The number of halogens is 1. The number of likely N-dealkylation sites (tertiary alicyclic amines) is 1. The van der Waals surface area contributed by atoms with Crippen LogP contribution in [0.3, 0.4) is 0 Å². The zero-order valence-electron chi connectivity index (χ0n) is 11.0. The Morgan fingerprint density at radius 1 is 1.43 bits per heavy atom. The van der Waals surface area contributed by atoms with E-state index in [-0.39, 0.29) is 24.6 Å². The topological polar surface area (TPSA) is 96.8 Å². The summed E-state index contributed by atoms with van der Waals surface area (Å²) in [6.45, 7) is 0.291. The van der Waals surface area contributed by atoms with Crippen LogP contribution in [0.5, 0.6) is 0 Å². The Kier molecular flexibility index (Phi) is 3.26. The van der Waals surface area contributed by atoms with Gasteiger partial charge in [-0.3, -0.25) is 9.59 Å². The van der Waals surface area contributed by atoms with Crippen molar-refractivity contribution in [2.75, 3.05) is 13.1 Å². The van der Waals surface area contributed by atoms with E-state index < -0.39 is 11.5 Å². The second-order valence-corrected chi connectivity index (χ2v) is 6.06. The molecule has 110 valence electrons. The molecule has 1 saturated heterocycles. The van der Waals surface area contributed by atoms with Gasteiger partial charge in [0, 0.05) is 18.5 Å².